The Hall–Kier alpha value is -0.780. The molecule has 0 N–H and O–H groups in total. The van der Waals surface area contributed by atoms with Crippen molar-refractivity contribution in [3.63, 3.8) is 0 Å². The molecule has 1 aromatic rings. The third-order valence-corrected chi connectivity index (χ3v) is 4.04. The Kier molecular flexibility index (Phi) is 11.4. The van der Waals surface area contributed by atoms with Crippen molar-refractivity contribution in [3.05, 3.63) is 35.9 Å². The van der Waals surface area contributed by atoms with E-state index in [0.29, 0.717) is 0 Å². The van der Waals surface area contributed by atoms with E-state index in [9.17, 15) is 0 Å². The third-order valence-electron chi connectivity index (χ3n) is 4.04. The highest BCUT2D eigenvalue weighted by atomic mass is 14.0. The second-order valence-corrected chi connectivity index (χ2v) is 5.98. The summed E-state index contributed by atoms with van der Waals surface area (Å²) in [7, 11) is 0. The predicted molar refractivity (Wildman–Crippen MR) is 88.9 cm³/mol. The molecule has 112 valence electrons. The van der Waals surface area contributed by atoms with Crippen LogP contribution in [0.25, 0.3) is 0 Å². The molecule has 20 heavy (non-hydrogen) atoms. The Morgan fingerprint density at radius 3 is 1.75 bits per heavy atom. The van der Waals surface area contributed by atoms with Crippen molar-refractivity contribution in [3.8, 4) is 0 Å². The predicted octanol–water partition coefficient (Wildman–Crippen LogP) is 6.53. The first kappa shape index (κ1) is 17.3. The summed E-state index contributed by atoms with van der Waals surface area (Å²) < 4.78 is 0. The van der Waals surface area contributed by atoms with Crippen LogP contribution in [0.1, 0.15) is 89.5 Å². The van der Waals surface area contributed by atoms with E-state index in [2.05, 4.69) is 31.2 Å². The Morgan fingerprint density at radius 1 is 0.700 bits per heavy atom. The molecule has 0 aliphatic carbocycles. The molecule has 1 aromatic carbocycles. The molecular formula is C20H32. The second-order valence-electron chi connectivity index (χ2n) is 5.98. The molecule has 0 aliphatic heterocycles. The quantitative estimate of drug-likeness (QED) is 0.358. The number of rotatable bonds is 13. The van der Waals surface area contributed by atoms with Crippen molar-refractivity contribution in [2.75, 3.05) is 0 Å². The van der Waals surface area contributed by atoms with Crippen LogP contribution in [0.15, 0.2) is 18.2 Å². The maximum atomic E-state index is 3.03. The fraction of sp³-hybridized carbons (Fsp3) is 0.700. The SMILES string of the molecule is CCCCCCCCCCCCCCc1c[c][c]cc1. The van der Waals surface area contributed by atoms with Gasteiger partial charge >= 0.3 is 0 Å². The van der Waals surface area contributed by atoms with Gasteiger partial charge < -0.3 is 0 Å². The van der Waals surface area contributed by atoms with Crippen LogP contribution in [0.3, 0.4) is 0 Å². The van der Waals surface area contributed by atoms with Crippen molar-refractivity contribution in [1.82, 2.24) is 0 Å². The van der Waals surface area contributed by atoms with Crippen LogP contribution in [0.4, 0.5) is 0 Å². The summed E-state index contributed by atoms with van der Waals surface area (Å²) in [6.07, 6.45) is 18.3. The highest BCUT2D eigenvalue weighted by Gasteiger charge is 1.94. The molecule has 0 fully saturated rings. The first-order chi connectivity index (χ1) is 9.93. The Labute approximate surface area is 127 Å². The summed E-state index contributed by atoms with van der Waals surface area (Å²) in [6.45, 7) is 2.29. The molecule has 0 aromatic heterocycles. The van der Waals surface area contributed by atoms with Crippen molar-refractivity contribution in [2.24, 2.45) is 0 Å². The molecule has 0 aliphatic rings. The number of hydrogen-bond acceptors (Lipinski definition) is 0. The zero-order valence-corrected chi connectivity index (χ0v) is 13.4. The molecule has 0 atom stereocenters. The van der Waals surface area contributed by atoms with E-state index in [0.717, 1.165) is 0 Å². The van der Waals surface area contributed by atoms with E-state index in [4.69, 9.17) is 0 Å². The molecule has 0 saturated heterocycles. The lowest BCUT2D eigenvalue weighted by Gasteiger charge is -2.03. The van der Waals surface area contributed by atoms with Gasteiger partial charge in [-0.1, -0.05) is 95.8 Å². The van der Waals surface area contributed by atoms with Crippen molar-refractivity contribution < 1.29 is 0 Å². The van der Waals surface area contributed by atoms with E-state index in [1.54, 1.807) is 0 Å². The Bertz CT molecular complexity index is 288. The first-order valence-electron chi connectivity index (χ1n) is 8.80. The van der Waals surface area contributed by atoms with Crippen molar-refractivity contribution >= 4 is 0 Å². The Balaban J connectivity index is 1.77. The summed E-state index contributed by atoms with van der Waals surface area (Å²) >= 11 is 0. The standard InChI is InChI=1S/C20H32/c1-2-3-4-5-6-7-8-9-10-11-12-14-17-20-18-15-13-16-19-20/h15,18-19H,2-12,14,17H2,1H3. The van der Waals surface area contributed by atoms with E-state index in [-0.39, 0.29) is 0 Å². The number of aryl methyl sites for hydroxylation is 1. The molecule has 0 unspecified atom stereocenters. The monoisotopic (exact) mass is 272 g/mol. The van der Waals surface area contributed by atoms with Gasteiger partial charge in [-0.2, -0.15) is 0 Å². The van der Waals surface area contributed by atoms with Gasteiger partial charge in [0, 0.05) is 0 Å². The Morgan fingerprint density at radius 2 is 1.25 bits per heavy atom. The molecule has 2 radical (unpaired) electrons. The van der Waals surface area contributed by atoms with Crippen LogP contribution < -0.4 is 0 Å². The van der Waals surface area contributed by atoms with E-state index >= 15 is 0 Å². The molecule has 0 bridgehead atoms. The van der Waals surface area contributed by atoms with Gasteiger partial charge in [0.05, 0.1) is 0 Å². The van der Waals surface area contributed by atoms with Crippen LogP contribution >= 0.6 is 0 Å². The van der Waals surface area contributed by atoms with Crippen LogP contribution in [-0.4, -0.2) is 0 Å². The molecule has 0 saturated carbocycles. The average molecular weight is 272 g/mol. The molecule has 0 heterocycles. The molecular weight excluding hydrogens is 240 g/mol. The van der Waals surface area contributed by atoms with Gasteiger partial charge in [0.2, 0.25) is 0 Å². The van der Waals surface area contributed by atoms with Gasteiger partial charge in [0.15, 0.2) is 0 Å². The van der Waals surface area contributed by atoms with Gasteiger partial charge in [0.1, 0.15) is 0 Å². The number of benzene rings is 1. The fourth-order valence-corrected chi connectivity index (χ4v) is 2.70. The van der Waals surface area contributed by atoms with Crippen molar-refractivity contribution in [2.45, 2.75) is 90.4 Å². The minimum Gasteiger partial charge on any atom is -0.0654 e. The van der Waals surface area contributed by atoms with E-state index in [1.165, 1.54) is 89.0 Å². The van der Waals surface area contributed by atoms with Gasteiger partial charge in [0.25, 0.3) is 0 Å². The molecule has 0 nitrogen and oxygen atoms in total. The minimum atomic E-state index is 1.21. The zero-order chi connectivity index (χ0) is 14.3. The maximum Gasteiger partial charge on any atom is -0.00961 e. The van der Waals surface area contributed by atoms with Gasteiger partial charge in [-0.25, -0.2) is 0 Å². The van der Waals surface area contributed by atoms with Crippen LogP contribution in [0, 0.1) is 12.1 Å². The zero-order valence-electron chi connectivity index (χ0n) is 13.4. The van der Waals surface area contributed by atoms with Crippen LogP contribution in [0.5, 0.6) is 0 Å². The first-order valence-corrected chi connectivity index (χ1v) is 8.80. The molecule has 1 rings (SSSR count). The summed E-state index contributed by atoms with van der Waals surface area (Å²) in [5.41, 5.74) is 1.41. The lowest BCUT2D eigenvalue weighted by Crippen LogP contribution is -1.86. The largest absolute Gasteiger partial charge is 0.0654 e. The van der Waals surface area contributed by atoms with Gasteiger partial charge in [-0.3, -0.25) is 0 Å². The summed E-state index contributed by atoms with van der Waals surface area (Å²) in [5.74, 6) is 0. The lowest BCUT2D eigenvalue weighted by molar-refractivity contribution is 0.544. The topological polar surface area (TPSA) is 0 Å². The van der Waals surface area contributed by atoms with E-state index in [1.807, 2.05) is 6.07 Å². The van der Waals surface area contributed by atoms with Gasteiger partial charge in [-0.15, -0.1) is 0 Å². The molecule has 0 amide bonds. The summed E-state index contributed by atoms with van der Waals surface area (Å²) in [5, 5.41) is 0. The normalized spacial score (nSPS) is 10.8. The fourth-order valence-electron chi connectivity index (χ4n) is 2.70. The van der Waals surface area contributed by atoms with Gasteiger partial charge in [-0.05, 0) is 30.5 Å². The smallest absolute Gasteiger partial charge is 0.00961 e. The summed E-state index contributed by atoms with van der Waals surface area (Å²) in [4.78, 5) is 0. The molecule has 0 heteroatoms. The number of unbranched alkanes of at least 4 members (excludes halogenated alkanes) is 11. The van der Waals surface area contributed by atoms with E-state index < -0.39 is 0 Å². The van der Waals surface area contributed by atoms with Crippen LogP contribution in [0.2, 0.25) is 0 Å². The highest BCUT2D eigenvalue weighted by molar-refractivity contribution is 5.12. The summed E-state index contributed by atoms with van der Waals surface area (Å²) in [6, 6.07) is 12.2. The van der Waals surface area contributed by atoms with Crippen molar-refractivity contribution in [1.29, 1.82) is 0 Å². The highest BCUT2D eigenvalue weighted by Crippen LogP contribution is 2.13. The average Bonchev–Trinajstić information content (AvgIpc) is 2.49. The number of hydrogen-bond donors (Lipinski definition) is 0. The lowest BCUT2D eigenvalue weighted by atomic mass is 10.0. The third kappa shape index (κ3) is 10.1. The second kappa shape index (κ2) is 13.2. The minimum absolute atomic E-state index is 1.21. The maximum absolute atomic E-state index is 3.03. The van der Waals surface area contributed by atoms with Crippen LogP contribution in [-0.2, 0) is 6.42 Å². The molecule has 0 spiro atoms.